The van der Waals surface area contributed by atoms with Gasteiger partial charge in [-0.15, -0.1) is 0 Å². The lowest BCUT2D eigenvalue weighted by Crippen LogP contribution is -2.25. The summed E-state index contributed by atoms with van der Waals surface area (Å²) >= 11 is 13.0. The lowest BCUT2D eigenvalue weighted by atomic mass is 9.93. The van der Waals surface area contributed by atoms with E-state index in [1.165, 1.54) is 0 Å². The third-order valence-electron chi connectivity index (χ3n) is 7.38. The SMILES string of the molecule is COc1ncccc1Nc1cc2nc3ccccc3n(-c3ccc(Cl)cc3Cl)c-2cc1=NC1CCC(OC)CC1. The summed E-state index contributed by atoms with van der Waals surface area (Å²) in [6, 6.07) is 21.7. The molecule has 6 rings (SSSR count). The Kier molecular flexibility index (Phi) is 7.61. The van der Waals surface area contributed by atoms with E-state index in [0.717, 1.165) is 70.5 Å². The molecule has 2 aromatic carbocycles. The average Bonchev–Trinajstić information content (AvgIpc) is 2.97. The molecule has 0 radical (unpaired) electrons. The summed E-state index contributed by atoms with van der Waals surface area (Å²) in [5.74, 6) is 0.503. The number of para-hydroxylation sites is 2. The zero-order valence-electron chi connectivity index (χ0n) is 22.3. The molecule has 0 atom stereocenters. The number of fused-ring (bicyclic) bond motifs is 2. The summed E-state index contributed by atoms with van der Waals surface area (Å²) < 4.78 is 13.2. The van der Waals surface area contributed by atoms with Crippen LogP contribution in [0.4, 0.5) is 11.4 Å². The Hall–Kier alpha value is -3.65. The third-order valence-corrected chi connectivity index (χ3v) is 7.92. The topological polar surface area (TPSA) is 73.6 Å². The summed E-state index contributed by atoms with van der Waals surface area (Å²) in [6.45, 7) is 0. The van der Waals surface area contributed by atoms with E-state index >= 15 is 0 Å². The number of anilines is 2. The highest BCUT2D eigenvalue weighted by Gasteiger charge is 2.22. The first-order valence-corrected chi connectivity index (χ1v) is 14.0. The zero-order chi connectivity index (χ0) is 27.6. The van der Waals surface area contributed by atoms with Gasteiger partial charge in [0.15, 0.2) is 0 Å². The van der Waals surface area contributed by atoms with Crippen LogP contribution in [0.15, 0.2) is 77.9 Å². The Morgan fingerprint density at radius 1 is 0.925 bits per heavy atom. The molecule has 0 amide bonds. The van der Waals surface area contributed by atoms with Crippen molar-refractivity contribution in [2.75, 3.05) is 19.5 Å². The maximum Gasteiger partial charge on any atom is 0.237 e. The van der Waals surface area contributed by atoms with Crippen LogP contribution in [-0.2, 0) is 4.74 Å². The van der Waals surface area contributed by atoms with E-state index in [1.54, 1.807) is 26.5 Å². The van der Waals surface area contributed by atoms with Crippen LogP contribution in [0.2, 0.25) is 10.0 Å². The molecule has 204 valence electrons. The largest absolute Gasteiger partial charge is 0.480 e. The van der Waals surface area contributed by atoms with Crippen LogP contribution in [0.5, 0.6) is 5.88 Å². The van der Waals surface area contributed by atoms with Gasteiger partial charge in [-0.3, -0.25) is 4.99 Å². The van der Waals surface area contributed by atoms with Crippen LogP contribution < -0.4 is 15.4 Å². The minimum atomic E-state index is 0.182. The van der Waals surface area contributed by atoms with Crippen molar-refractivity contribution < 1.29 is 9.47 Å². The van der Waals surface area contributed by atoms with Crippen LogP contribution in [0.25, 0.3) is 28.1 Å². The van der Waals surface area contributed by atoms with Crippen molar-refractivity contribution in [3.8, 4) is 23.0 Å². The number of hydrogen-bond donors (Lipinski definition) is 1. The van der Waals surface area contributed by atoms with E-state index in [9.17, 15) is 0 Å². The molecule has 1 aliphatic heterocycles. The molecule has 0 bridgehead atoms. The van der Waals surface area contributed by atoms with Crippen molar-refractivity contribution >= 4 is 45.6 Å². The molecule has 0 unspecified atom stereocenters. The van der Waals surface area contributed by atoms with E-state index in [4.69, 9.17) is 42.7 Å². The summed E-state index contributed by atoms with van der Waals surface area (Å²) in [6.07, 6.45) is 5.91. The van der Waals surface area contributed by atoms with E-state index in [0.29, 0.717) is 22.0 Å². The van der Waals surface area contributed by atoms with E-state index < -0.39 is 0 Å². The molecular formula is C31H29Cl2N5O2. The molecule has 7 nitrogen and oxygen atoms in total. The molecule has 1 saturated carbocycles. The van der Waals surface area contributed by atoms with E-state index in [2.05, 4.69) is 20.9 Å². The van der Waals surface area contributed by atoms with Gasteiger partial charge in [-0.1, -0.05) is 35.3 Å². The first-order valence-electron chi connectivity index (χ1n) is 13.3. The smallest absolute Gasteiger partial charge is 0.237 e. The Labute approximate surface area is 242 Å². The Balaban J connectivity index is 1.60. The number of nitrogens with zero attached hydrogens (tertiary/aromatic N) is 4. The van der Waals surface area contributed by atoms with Gasteiger partial charge in [-0.2, -0.15) is 0 Å². The van der Waals surface area contributed by atoms with Crippen LogP contribution in [0.1, 0.15) is 25.7 Å². The van der Waals surface area contributed by atoms with E-state index in [1.807, 2.05) is 54.6 Å². The molecule has 3 aliphatic rings. The van der Waals surface area contributed by atoms with Gasteiger partial charge < -0.3 is 19.4 Å². The second-order valence-electron chi connectivity index (χ2n) is 9.87. The summed E-state index contributed by atoms with van der Waals surface area (Å²) in [4.78, 5) is 14.7. The number of nitrogens with one attached hydrogen (secondary N) is 1. The number of methoxy groups -OCH3 is 2. The molecule has 1 fully saturated rings. The number of hydrogen-bond acceptors (Lipinski definition) is 6. The molecule has 0 saturated heterocycles. The van der Waals surface area contributed by atoms with Crippen LogP contribution in [0, 0.1) is 0 Å². The monoisotopic (exact) mass is 573 g/mol. The standard InChI is InChI=1S/C31H29Cl2N5O2/c1-39-21-12-10-20(11-13-21)35-26-18-30-27(17-25(26)37-24-7-5-15-34-31(24)40-2)36-23-6-3-4-8-29(23)38(30)28-14-9-19(32)16-22(28)33/h3-9,14-18,20-21,37H,10-13H2,1-2H3. The molecule has 2 heterocycles. The molecule has 9 heteroatoms. The van der Waals surface area contributed by atoms with Gasteiger partial charge in [0.05, 0.1) is 63.4 Å². The van der Waals surface area contributed by atoms with Gasteiger partial charge >= 0.3 is 0 Å². The highest BCUT2D eigenvalue weighted by atomic mass is 35.5. The first kappa shape index (κ1) is 26.6. The summed E-state index contributed by atoms with van der Waals surface area (Å²) in [5, 5.41) is 5.48. The molecule has 3 aromatic rings. The van der Waals surface area contributed by atoms with Crippen molar-refractivity contribution in [1.82, 2.24) is 14.5 Å². The minimum absolute atomic E-state index is 0.182. The fraction of sp³-hybridized carbons (Fsp3) is 0.258. The maximum absolute atomic E-state index is 6.77. The second kappa shape index (κ2) is 11.5. The number of aromatic nitrogens is 3. The Morgan fingerprint density at radius 2 is 1.75 bits per heavy atom. The van der Waals surface area contributed by atoms with Crippen molar-refractivity contribution in [3.63, 3.8) is 0 Å². The van der Waals surface area contributed by atoms with Gasteiger partial charge in [0, 0.05) is 18.3 Å². The summed E-state index contributed by atoms with van der Waals surface area (Å²) in [5.41, 5.74) is 5.83. The molecule has 0 spiro atoms. The first-order chi connectivity index (χ1) is 19.5. The highest BCUT2D eigenvalue weighted by molar-refractivity contribution is 6.35. The van der Waals surface area contributed by atoms with Gasteiger partial charge in [-0.05, 0) is 80.3 Å². The van der Waals surface area contributed by atoms with Crippen molar-refractivity contribution in [1.29, 1.82) is 0 Å². The third kappa shape index (κ3) is 5.24. The average molecular weight is 575 g/mol. The highest BCUT2D eigenvalue weighted by Crippen LogP contribution is 2.35. The predicted molar refractivity (Wildman–Crippen MR) is 160 cm³/mol. The summed E-state index contributed by atoms with van der Waals surface area (Å²) in [7, 11) is 3.40. The normalized spacial score (nSPS) is 17.9. The van der Waals surface area contributed by atoms with Crippen molar-refractivity contribution in [2.45, 2.75) is 37.8 Å². The molecule has 1 N–H and O–H groups in total. The quantitative estimate of drug-likeness (QED) is 0.214. The molecule has 1 aromatic heterocycles. The zero-order valence-corrected chi connectivity index (χ0v) is 23.8. The fourth-order valence-corrected chi connectivity index (χ4v) is 5.86. The van der Waals surface area contributed by atoms with Gasteiger partial charge in [-0.25, -0.2) is 9.97 Å². The Morgan fingerprint density at radius 3 is 2.52 bits per heavy atom. The number of halogens is 2. The van der Waals surface area contributed by atoms with Gasteiger partial charge in [0.1, 0.15) is 5.69 Å². The van der Waals surface area contributed by atoms with Gasteiger partial charge in [0.2, 0.25) is 5.88 Å². The maximum atomic E-state index is 6.77. The van der Waals surface area contributed by atoms with Crippen molar-refractivity contribution in [3.05, 3.63) is 88.3 Å². The second-order valence-corrected chi connectivity index (χ2v) is 10.7. The number of ether oxygens (including phenoxy) is 2. The van der Waals surface area contributed by atoms with E-state index in [-0.39, 0.29) is 6.04 Å². The Bertz CT molecular complexity index is 1710. The van der Waals surface area contributed by atoms with Gasteiger partial charge in [0.25, 0.3) is 0 Å². The molecule has 2 aliphatic carbocycles. The number of pyridine rings is 1. The van der Waals surface area contributed by atoms with Crippen LogP contribution in [-0.4, -0.2) is 40.9 Å². The number of rotatable bonds is 6. The minimum Gasteiger partial charge on any atom is -0.480 e. The lowest BCUT2D eigenvalue weighted by molar-refractivity contribution is 0.0663. The van der Waals surface area contributed by atoms with Crippen LogP contribution in [0.3, 0.4) is 0 Å². The number of benzene rings is 3. The van der Waals surface area contributed by atoms with Crippen LogP contribution >= 0.6 is 23.2 Å². The lowest BCUT2D eigenvalue weighted by Gasteiger charge is -2.25. The molecule has 40 heavy (non-hydrogen) atoms. The van der Waals surface area contributed by atoms with Crippen molar-refractivity contribution in [2.24, 2.45) is 4.99 Å². The molecular weight excluding hydrogens is 545 g/mol. The predicted octanol–water partition coefficient (Wildman–Crippen LogP) is 7.44. The fourth-order valence-electron chi connectivity index (χ4n) is 5.37.